The van der Waals surface area contributed by atoms with Crippen molar-refractivity contribution >= 4 is 11.8 Å². The molecule has 1 unspecified atom stereocenters. The number of ether oxygens (including phenoxy) is 1. The molecule has 1 atom stereocenters. The van der Waals surface area contributed by atoms with E-state index in [9.17, 15) is 13.2 Å². The van der Waals surface area contributed by atoms with Crippen LogP contribution in [0.4, 0.5) is 13.2 Å². The molecule has 0 aromatic rings. The fourth-order valence-electron chi connectivity index (χ4n) is 1.47. The van der Waals surface area contributed by atoms with Crippen LogP contribution in [0.15, 0.2) is 0 Å². The Hall–Kier alpha value is 0.100. The fourth-order valence-corrected chi connectivity index (χ4v) is 2.62. The summed E-state index contributed by atoms with van der Waals surface area (Å²) in [5.41, 5.74) is 0. The Kier molecular flexibility index (Phi) is 3.91. The maximum absolute atomic E-state index is 12.3. The molecule has 0 saturated carbocycles. The van der Waals surface area contributed by atoms with Crippen LogP contribution < -0.4 is 0 Å². The number of alkyl halides is 3. The summed E-state index contributed by atoms with van der Waals surface area (Å²) in [7, 11) is 4.66. The van der Waals surface area contributed by atoms with Gasteiger partial charge in [-0.1, -0.05) is 0 Å². The number of hydrogen-bond donors (Lipinski definition) is 0. The lowest BCUT2D eigenvalue weighted by atomic mass is 9.95. The van der Waals surface area contributed by atoms with Gasteiger partial charge in [0.05, 0.1) is 0 Å². The molecule has 1 saturated heterocycles. The molecule has 0 aromatic heterocycles. The van der Waals surface area contributed by atoms with Crippen molar-refractivity contribution in [2.75, 3.05) is 11.5 Å². The number of thioether (sulfide) groups is 1. The van der Waals surface area contributed by atoms with Gasteiger partial charge in [-0.15, -0.1) is 0 Å². The first-order valence-corrected chi connectivity index (χ1v) is 5.21. The van der Waals surface area contributed by atoms with Crippen LogP contribution in [0.25, 0.3) is 0 Å². The van der Waals surface area contributed by atoms with E-state index in [1.165, 1.54) is 0 Å². The summed E-state index contributed by atoms with van der Waals surface area (Å²) in [4.78, 5) is 0. The van der Waals surface area contributed by atoms with Gasteiger partial charge in [-0.2, -0.15) is 24.9 Å². The van der Waals surface area contributed by atoms with Crippen molar-refractivity contribution in [3.8, 4) is 0 Å². The summed E-state index contributed by atoms with van der Waals surface area (Å²) in [6, 6.07) is 0. The second-order valence-electron chi connectivity index (χ2n) is 3.05. The summed E-state index contributed by atoms with van der Waals surface area (Å²) in [5.74, 6) is 1.06. The summed E-state index contributed by atoms with van der Waals surface area (Å²) in [6.45, 7) is 0. The van der Waals surface area contributed by atoms with Crippen molar-refractivity contribution in [2.45, 2.75) is 25.1 Å². The van der Waals surface area contributed by atoms with Crippen LogP contribution in [0.1, 0.15) is 12.8 Å². The molecule has 2 radical (unpaired) electrons. The molecule has 1 aliphatic heterocycles. The van der Waals surface area contributed by atoms with Gasteiger partial charge >= 0.3 is 6.18 Å². The lowest BCUT2D eigenvalue weighted by Crippen LogP contribution is -2.38. The average Bonchev–Trinajstić information content (AvgIpc) is 2.05. The average molecular weight is 212 g/mol. The highest BCUT2D eigenvalue weighted by atomic mass is 32.2. The molecule has 0 spiro atoms. The van der Waals surface area contributed by atoms with Crippen molar-refractivity contribution in [2.24, 2.45) is 5.92 Å². The second-order valence-corrected chi connectivity index (χ2v) is 4.27. The monoisotopic (exact) mass is 212 g/mol. The lowest BCUT2D eigenvalue weighted by Gasteiger charge is -2.29. The Balaban J connectivity index is 2.54. The molecule has 1 heterocycles. The lowest BCUT2D eigenvalue weighted by molar-refractivity contribution is -0.223. The SMILES string of the molecule is [CH]OC(C1CCSCC1)C(F)(F)F. The Morgan fingerprint density at radius 1 is 1.31 bits per heavy atom. The fraction of sp³-hybridized carbons (Fsp3) is 0.875. The van der Waals surface area contributed by atoms with Gasteiger partial charge < -0.3 is 4.74 Å². The van der Waals surface area contributed by atoms with E-state index in [1.54, 1.807) is 11.8 Å². The minimum absolute atomic E-state index is 0.466. The molecule has 5 heteroatoms. The molecule has 0 aliphatic carbocycles. The van der Waals surface area contributed by atoms with Gasteiger partial charge in [0, 0.05) is 0 Å². The van der Waals surface area contributed by atoms with Crippen molar-refractivity contribution in [1.82, 2.24) is 0 Å². The summed E-state index contributed by atoms with van der Waals surface area (Å²) in [6.07, 6.45) is -5.05. The van der Waals surface area contributed by atoms with Crippen LogP contribution in [0, 0.1) is 13.0 Å². The van der Waals surface area contributed by atoms with Crippen molar-refractivity contribution in [3.05, 3.63) is 7.11 Å². The van der Waals surface area contributed by atoms with Gasteiger partial charge in [-0.05, 0) is 30.3 Å². The van der Waals surface area contributed by atoms with E-state index in [0.717, 1.165) is 11.5 Å². The second kappa shape index (κ2) is 4.55. The van der Waals surface area contributed by atoms with E-state index in [1.807, 2.05) is 0 Å². The molecule has 76 valence electrons. The highest BCUT2D eigenvalue weighted by Gasteiger charge is 2.45. The smallest absolute Gasteiger partial charge is 0.360 e. The van der Waals surface area contributed by atoms with Gasteiger partial charge in [-0.3, -0.25) is 0 Å². The quantitative estimate of drug-likeness (QED) is 0.696. The first-order chi connectivity index (χ1) is 6.05. The zero-order chi connectivity index (χ0) is 9.90. The highest BCUT2D eigenvalue weighted by Crippen LogP contribution is 2.35. The molecule has 1 rings (SSSR count). The molecule has 0 aromatic carbocycles. The molecule has 0 bridgehead atoms. The van der Waals surface area contributed by atoms with Crippen LogP contribution >= 0.6 is 11.8 Å². The van der Waals surface area contributed by atoms with Gasteiger partial charge in [0.25, 0.3) is 0 Å². The molecule has 13 heavy (non-hydrogen) atoms. The van der Waals surface area contributed by atoms with E-state index < -0.39 is 18.2 Å². The molecule has 1 nitrogen and oxygen atoms in total. The van der Waals surface area contributed by atoms with Gasteiger partial charge in [-0.25, -0.2) is 0 Å². The van der Waals surface area contributed by atoms with Crippen LogP contribution in [0.3, 0.4) is 0 Å². The zero-order valence-corrected chi connectivity index (χ0v) is 7.83. The van der Waals surface area contributed by atoms with Gasteiger partial charge in [0.1, 0.15) is 7.11 Å². The van der Waals surface area contributed by atoms with E-state index in [-0.39, 0.29) is 0 Å². The van der Waals surface area contributed by atoms with Crippen LogP contribution in [-0.4, -0.2) is 23.8 Å². The summed E-state index contributed by atoms with van der Waals surface area (Å²) in [5, 5.41) is 0. The molecular weight excluding hydrogens is 201 g/mol. The minimum Gasteiger partial charge on any atom is -0.360 e. The number of rotatable bonds is 2. The summed E-state index contributed by atoms with van der Waals surface area (Å²) >= 11 is 1.67. The van der Waals surface area contributed by atoms with Crippen molar-refractivity contribution in [1.29, 1.82) is 0 Å². The Morgan fingerprint density at radius 3 is 2.23 bits per heavy atom. The third-order valence-corrected chi connectivity index (χ3v) is 3.21. The first-order valence-electron chi connectivity index (χ1n) is 4.05. The maximum Gasteiger partial charge on any atom is 0.414 e. The van der Waals surface area contributed by atoms with Crippen LogP contribution in [-0.2, 0) is 4.74 Å². The zero-order valence-electron chi connectivity index (χ0n) is 7.01. The van der Waals surface area contributed by atoms with Crippen LogP contribution in [0.5, 0.6) is 0 Å². The highest BCUT2D eigenvalue weighted by molar-refractivity contribution is 7.99. The predicted octanol–water partition coefficient (Wildman–Crippen LogP) is 2.75. The molecular formula is C8H11F3OS. The summed E-state index contributed by atoms with van der Waals surface area (Å²) < 4.78 is 40.9. The van der Waals surface area contributed by atoms with Gasteiger partial charge in [0.15, 0.2) is 6.10 Å². The largest absolute Gasteiger partial charge is 0.414 e. The maximum atomic E-state index is 12.3. The molecule has 0 amide bonds. The number of halogens is 3. The topological polar surface area (TPSA) is 9.23 Å². The molecule has 1 fully saturated rings. The standard InChI is InChI=1S/C8H11F3OS/c1-12-7(8(9,10)11)6-2-4-13-5-3-6/h1,6-7H,2-5H2. The molecule has 0 N–H and O–H groups in total. The Bertz CT molecular complexity index is 154. The predicted molar refractivity (Wildman–Crippen MR) is 45.3 cm³/mol. The third kappa shape index (κ3) is 3.06. The minimum atomic E-state index is -4.33. The first kappa shape index (κ1) is 11.2. The van der Waals surface area contributed by atoms with Crippen molar-refractivity contribution in [3.63, 3.8) is 0 Å². The number of hydrogen-bond acceptors (Lipinski definition) is 2. The molecule has 1 aliphatic rings. The Labute approximate surface area is 80.0 Å². The van der Waals surface area contributed by atoms with E-state index in [2.05, 4.69) is 11.8 Å². The van der Waals surface area contributed by atoms with Gasteiger partial charge in [0.2, 0.25) is 0 Å². The van der Waals surface area contributed by atoms with E-state index in [4.69, 9.17) is 0 Å². The normalized spacial score (nSPS) is 23.1. The Morgan fingerprint density at radius 2 is 1.85 bits per heavy atom. The van der Waals surface area contributed by atoms with Crippen molar-refractivity contribution < 1.29 is 17.9 Å². The van der Waals surface area contributed by atoms with Crippen LogP contribution in [0.2, 0.25) is 0 Å². The third-order valence-electron chi connectivity index (χ3n) is 2.16. The van der Waals surface area contributed by atoms with E-state index in [0.29, 0.717) is 12.8 Å². The van der Waals surface area contributed by atoms with E-state index >= 15 is 0 Å².